The highest BCUT2D eigenvalue weighted by Crippen LogP contribution is 2.16. The van der Waals surface area contributed by atoms with Crippen molar-refractivity contribution >= 4 is 5.97 Å². The van der Waals surface area contributed by atoms with Crippen LogP contribution in [0.4, 0.5) is 0 Å². The van der Waals surface area contributed by atoms with E-state index in [2.05, 4.69) is 0 Å². The first-order valence-electron chi connectivity index (χ1n) is 3.82. The SMILES string of the molecule is Cc1ccc(OCN)cc1C(=O)O. The van der Waals surface area contributed by atoms with E-state index in [1.165, 1.54) is 6.07 Å². The predicted molar refractivity (Wildman–Crippen MR) is 47.8 cm³/mol. The van der Waals surface area contributed by atoms with Gasteiger partial charge in [-0.2, -0.15) is 0 Å². The van der Waals surface area contributed by atoms with Gasteiger partial charge in [-0.25, -0.2) is 4.79 Å². The summed E-state index contributed by atoms with van der Waals surface area (Å²) in [5.74, 6) is -0.481. The van der Waals surface area contributed by atoms with Gasteiger partial charge in [0.1, 0.15) is 12.5 Å². The molecule has 0 heterocycles. The van der Waals surface area contributed by atoms with Crippen molar-refractivity contribution in [1.82, 2.24) is 0 Å². The van der Waals surface area contributed by atoms with Crippen LogP contribution in [0.1, 0.15) is 15.9 Å². The van der Waals surface area contributed by atoms with Gasteiger partial charge in [0.25, 0.3) is 0 Å². The van der Waals surface area contributed by atoms with Gasteiger partial charge < -0.3 is 9.84 Å². The Bertz CT molecular complexity index is 323. The van der Waals surface area contributed by atoms with Crippen LogP contribution in [0.2, 0.25) is 0 Å². The number of hydrogen-bond donors (Lipinski definition) is 2. The Balaban J connectivity index is 3.04. The molecular weight excluding hydrogens is 170 g/mol. The maximum atomic E-state index is 10.7. The zero-order chi connectivity index (χ0) is 9.84. The van der Waals surface area contributed by atoms with Gasteiger partial charge >= 0.3 is 5.97 Å². The Labute approximate surface area is 75.9 Å². The number of carboxylic acids is 1. The van der Waals surface area contributed by atoms with Crippen molar-refractivity contribution < 1.29 is 14.6 Å². The number of hydrogen-bond acceptors (Lipinski definition) is 3. The highest BCUT2D eigenvalue weighted by atomic mass is 16.5. The van der Waals surface area contributed by atoms with E-state index in [9.17, 15) is 4.79 Å². The van der Waals surface area contributed by atoms with Crippen LogP contribution in [0.25, 0.3) is 0 Å². The molecule has 13 heavy (non-hydrogen) atoms. The minimum atomic E-state index is -0.958. The van der Waals surface area contributed by atoms with Crippen molar-refractivity contribution in [1.29, 1.82) is 0 Å². The molecule has 3 N–H and O–H groups in total. The number of aryl methyl sites for hydroxylation is 1. The second kappa shape index (κ2) is 3.91. The predicted octanol–water partition coefficient (Wildman–Crippen LogP) is 0.988. The Hall–Kier alpha value is -1.55. The first-order chi connectivity index (χ1) is 6.15. The van der Waals surface area contributed by atoms with Crippen LogP contribution in [0.5, 0.6) is 5.75 Å². The number of carbonyl (C=O) groups is 1. The number of nitrogens with two attached hydrogens (primary N) is 1. The van der Waals surface area contributed by atoms with Gasteiger partial charge in [-0.05, 0) is 24.6 Å². The van der Waals surface area contributed by atoms with Gasteiger partial charge in [0.2, 0.25) is 0 Å². The molecule has 1 aromatic carbocycles. The number of benzene rings is 1. The van der Waals surface area contributed by atoms with E-state index in [1.54, 1.807) is 19.1 Å². The van der Waals surface area contributed by atoms with Crippen molar-refractivity contribution in [3.05, 3.63) is 29.3 Å². The molecule has 0 aromatic heterocycles. The van der Waals surface area contributed by atoms with E-state index >= 15 is 0 Å². The van der Waals surface area contributed by atoms with Crippen LogP contribution >= 0.6 is 0 Å². The fraction of sp³-hybridized carbons (Fsp3) is 0.222. The molecule has 0 aliphatic heterocycles. The largest absolute Gasteiger partial charge is 0.479 e. The summed E-state index contributed by atoms with van der Waals surface area (Å²) in [5, 5.41) is 8.77. The fourth-order valence-corrected chi connectivity index (χ4v) is 1.02. The lowest BCUT2D eigenvalue weighted by Crippen LogP contribution is -2.08. The van der Waals surface area contributed by atoms with Gasteiger partial charge in [0, 0.05) is 0 Å². The Kier molecular flexibility index (Phi) is 2.87. The number of carboxylic acid groups (broad SMARTS) is 1. The van der Waals surface area contributed by atoms with Crippen LogP contribution in [0.3, 0.4) is 0 Å². The van der Waals surface area contributed by atoms with E-state index in [1.807, 2.05) is 0 Å². The second-order valence-electron chi connectivity index (χ2n) is 2.59. The van der Waals surface area contributed by atoms with Gasteiger partial charge in [-0.3, -0.25) is 5.73 Å². The Morgan fingerprint density at radius 2 is 2.31 bits per heavy atom. The number of rotatable bonds is 3. The normalized spacial score (nSPS) is 9.69. The maximum Gasteiger partial charge on any atom is 0.336 e. The molecule has 0 saturated heterocycles. The number of aromatic carboxylic acids is 1. The summed E-state index contributed by atoms with van der Waals surface area (Å²) in [4.78, 5) is 10.7. The second-order valence-corrected chi connectivity index (χ2v) is 2.59. The quantitative estimate of drug-likeness (QED) is 0.682. The summed E-state index contributed by atoms with van der Waals surface area (Å²) in [5.41, 5.74) is 6.10. The highest BCUT2D eigenvalue weighted by Gasteiger charge is 2.07. The topological polar surface area (TPSA) is 72.5 Å². The third-order valence-electron chi connectivity index (χ3n) is 1.69. The van der Waals surface area contributed by atoms with Crippen LogP contribution in [0.15, 0.2) is 18.2 Å². The molecule has 0 unspecified atom stereocenters. The molecule has 0 bridgehead atoms. The zero-order valence-corrected chi connectivity index (χ0v) is 7.28. The Morgan fingerprint density at radius 1 is 1.62 bits per heavy atom. The minimum Gasteiger partial charge on any atom is -0.479 e. The van der Waals surface area contributed by atoms with Crippen molar-refractivity contribution in [3.63, 3.8) is 0 Å². The van der Waals surface area contributed by atoms with E-state index in [0.29, 0.717) is 11.3 Å². The monoisotopic (exact) mass is 181 g/mol. The van der Waals surface area contributed by atoms with Gasteiger partial charge in [-0.15, -0.1) is 0 Å². The minimum absolute atomic E-state index is 0.0438. The van der Waals surface area contributed by atoms with Crippen molar-refractivity contribution in [3.8, 4) is 5.75 Å². The van der Waals surface area contributed by atoms with E-state index < -0.39 is 5.97 Å². The molecule has 0 fully saturated rings. The summed E-state index contributed by atoms with van der Waals surface area (Å²) in [6, 6.07) is 4.84. The first kappa shape index (κ1) is 9.54. The average Bonchev–Trinajstić information content (AvgIpc) is 2.08. The summed E-state index contributed by atoms with van der Waals surface area (Å²) in [6.07, 6.45) is 0. The van der Waals surface area contributed by atoms with E-state index in [4.69, 9.17) is 15.6 Å². The van der Waals surface area contributed by atoms with Crippen LogP contribution < -0.4 is 10.5 Å². The van der Waals surface area contributed by atoms with Crippen LogP contribution in [-0.4, -0.2) is 17.8 Å². The van der Waals surface area contributed by atoms with Crippen LogP contribution in [-0.2, 0) is 0 Å². The molecule has 0 amide bonds. The highest BCUT2D eigenvalue weighted by molar-refractivity contribution is 5.89. The van der Waals surface area contributed by atoms with E-state index in [0.717, 1.165) is 0 Å². The van der Waals surface area contributed by atoms with Crippen LogP contribution in [0, 0.1) is 6.92 Å². The van der Waals surface area contributed by atoms with Gasteiger partial charge in [-0.1, -0.05) is 6.07 Å². The molecule has 0 saturated carbocycles. The third-order valence-corrected chi connectivity index (χ3v) is 1.69. The zero-order valence-electron chi connectivity index (χ0n) is 7.28. The molecule has 4 nitrogen and oxygen atoms in total. The first-order valence-corrected chi connectivity index (χ1v) is 3.82. The molecule has 1 rings (SSSR count). The van der Waals surface area contributed by atoms with Crippen molar-refractivity contribution in [2.75, 3.05) is 6.73 Å². The smallest absolute Gasteiger partial charge is 0.336 e. The van der Waals surface area contributed by atoms with Crippen molar-refractivity contribution in [2.45, 2.75) is 6.92 Å². The molecule has 0 radical (unpaired) electrons. The summed E-state index contributed by atoms with van der Waals surface area (Å²) >= 11 is 0. The number of ether oxygens (including phenoxy) is 1. The molecule has 4 heteroatoms. The summed E-state index contributed by atoms with van der Waals surface area (Å²) < 4.78 is 4.97. The van der Waals surface area contributed by atoms with E-state index in [-0.39, 0.29) is 12.3 Å². The lowest BCUT2D eigenvalue weighted by molar-refractivity contribution is 0.0695. The summed E-state index contributed by atoms with van der Waals surface area (Å²) in [7, 11) is 0. The van der Waals surface area contributed by atoms with Gasteiger partial charge in [0.05, 0.1) is 5.56 Å². The third kappa shape index (κ3) is 2.19. The molecular formula is C9H11NO3. The standard InChI is InChI=1S/C9H11NO3/c1-6-2-3-7(13-5-10)4-8(6)9(11)12/h2-4H,5,10H2,1H3,(H,11,12). The fourth-order valence-electron chi connectivity index (χ4n) is 1.02. The van der Waals surface area contributed by atoms with Crippen molar-refractivity contribution in [2.24, 2.45) is 5.73 Å². The molecule has 0 atom stereocenters. The lowest BCUT2D eigenvalue weighted by Gasteiger charge is -2.05. The van der Waals surface area contributed by atoms with Gasteiger partial charge in [0.15, 0.2) is 0 Å². The lowest BCUT2D eigenvalue weighted by atomic mass is 10.1. The average molecular weight is 181 g/mol. The molecule has 0 spiro atoms. The summed E-state index contributed by atoms with van der Waals surface area (Å²) in [6.45, 7) is 1.78. The maximum absolute atomic E-state index is 10.7. The molecule has 70 valence electrons. The molecule has 0 aliphatic carbocycles. The molecule has 1 aromatic rings. The Morgan fingerprint density at radius 3 is 2.85 bits per heavy atom. The molecule has 0 aliphatic rings.